The average molecular weight is 379 g/mol. The molecule has 1 aliphatic rings. The first kappa shape index (κ1) is 20.6. The summed E-state index contributed by atoms with van der Waals surface area (Å²) in [5.74, 6) is 1.18. The number of hydrogen-bond acceptors (Lipinski definition) is 4. The maximum absolute atomic E-state index is 12.8. The van der Waals surface area contributed by atoms with Crippen molar-refractivity contribution in [2.45, 2.75) is 64.8 Å². The third kappa shape index (κ3) is 6.56. The number of anilines is 1. The van der Waals surface area contributed by atoms with E-state index in [9.17, 15) is 9.59 Å². The zero-order valence-corrected chi connectivity index (χ0v) is 16.6. The Hall–Kier alpha value is -1.69. The quantitative estimate of drug-likeness (QED) is 0.641. The maximum atomic E-state index is 12.8. The number of thioether (sulfide) groups is 1. The SMILES string of the molecule is CCCCN(C(=O)Oc1cccc(NC(=O)SCC)c1)C1CCCCC1. The summed E-state index contributed by atoms with van der Waals surface area (Å²) in [5, 5.41) is 2.69. The van der Waals surface area contributed by atoms with E-state index >= 15 is 0 Å². The summed E-state index contributed by atoms with van der Waals surface area (Å²) >= 11 is 1.21. The van der Waals surface area contributed by atoms with Gasteiger partial charge in [-0.1, -0.05) is 57.4 Å². The summed E-state index contributed by atoms with van der Waals surface area (Å²) in [4.78, 5) is 26.4. The molecule has 1 aromatic carbocycles. The Kier molecular flexibility index (Phi) is 8.81. The fraction of sp³-hybridized carbons (Fsp3) is 0.600. The van der Waals surface area contributed by atoms with Crippen LogP contribution < -0.4 is 10.1 Å². The van der Waals surface area contributed by atoms with Crippen LogP contribution in [0, 0.1) is 0 Å². The van der Waals surface area contributed by atoms with Gasteiger partial charge in [-0.15, -0.1) is 0 Å². The second-order valence-corrected chi connectivity index (χ2v) is 7.82. The molecule has 0 aromatic heterocycles. The molecule has 0 atom stereocenters. The molecule has 5 nitrogen and oxygen atoms in total. The normalized spacial score (nSPS) is 14.7. The molecule has 2 rings (SSSR count). The lowest BCUT2D eigenvalue weighted by molar-refractivity contribution is 0.116. The molecule has 1 saturated carbocycles. The van der Waals surface area contributed by atoms with Crippen molar-refractivity contribution in [3.05, 3.63) is 24.3 Å². The average Bonchev–Trinajstić information content (AvgIpc) is 2.63. The van der Waals surface area contributed by atoms with Crippen LogP contribution in [-0.4, -0.2) is 34.6 Å². The molecule has 0 heterocycles. The summed E-state index contributed by atoms with van der Waals surface area (Å²) in [7, 11) is 0. The number of ether oxygens (including phenoxy) is 1. The van der Waals surface area contributed by atoms with Crippen LogP contribution in [-0.2, 0) is 0 Å². The lowest BCUT2D eigenvalue weighted by Gasteiger charge is -2.33. The van der Waals surface area contributed by atoms with Crippen LogP contribution in [0.1, 0.15) is 58.8 Å². The number of amides is 2. The van der Waals surface area contributed by atoms with Crippen LogP contribution in [0.5, 0.6) is 5.75 Å². The Morgan fingerprint density at radius 1 is 1.23 bits per heavy atom. The smallest absolute Gasteiger partial charge is 0.410 e. The van der Waals surface area contributed by atoms with Crippen molar-refractivity contribution >= 4 is 28.8 Å². The highest BCUT2D eigenvalue weighted by Gasteiger charge is 2.26. The molecule has 0 spiro atoms. The topological polar surface area (TPSA) is 58.6 Å². The Balaban J connectivity index is 2.01. The van der Waals surface area contributed by atoms with Gasteiger partial charge in [-0.2, -0.15) is 0 Å². The largest absolute Gasteiger partial charge is 0.415 e. The van der Waals surface area contributed by atoms with E-state index in [0.717, 1.165) is 32.2 Å². The highest BCUT2D eigenvalue weighted by molar-refractivity contribution is 8.13. The molecule has 0 saturated heterocycles. The zero-order chi connectivity index (χ0) is 18.8. The molecule has 1 aromatic rings. The minimum absolute atomic E-state index is 0.109. The van der Waals surface area contributed by atoms with Gasteiger partial charge in [0, 0.05) is 24.3 Å². The number of carbonyl (C=O) groups is 2. The van der Waals surface area contributed by atoms with E-state index in [1.165, 1.54) is 31.0 Å². The van der Waals surface area contributed by atoms with E-state index in [4.69, 9.17) is 4.74 Å². The summed E-state index contributed by atoms with van der Waals surface area (Å²) in [6, 6.07) is 7.31. The van der Waals surface area contributed by atoms with Crippen LogP contribution in [0.25, 0.3) is 0 Å². The number of rotatable bonds is 7. The van der Waals surface area contributed by atoms with Crippen molar-refractivity contribution < 1.29 is 14.3 Å². The van der Waals surface area contributed by atoms with Gasteiger partial charge in [0.05, 0.1) is 0 Å². The van der Waals surface area contributed by atoms with Crippen molar-refractivity contribution in [2.24, 2.45) is 0 Å². The van der Waals surface area contributed by atoms with Gasteiger partial charge in [-0.3, -0.25) is 4.79 Å². The van der Waals surface area contributed by atoms with Crippen molar-refractivity contribution in [1.29, 1.82) is 0 Å². The fourth-order valence-electron chi connectivity index (χ4n) is 3.23. The number of nitrogens with zero attached hydrogens (tertiary/aromatic N) is 1. The Morgan fingerprint density at radius 2 is 2.00 bits per heavy atom. The molecule has 0 bridgehead atoms. The van der Waals surface area contributed by atoms with E-state index in [0.29, 0.717) is 17.2 Å². The first-order chi connectivity index (χ1) is 12.6. The molecule has 1 N–H and O–H groups in total. The number of carbonyl (C=O) groups excluding carboxylic acids is 2. The third-order valence-electron chi connectivity index (χ3n) is 4.56. The molecule has 0 unspecified atom stereocenters. The van der Waals surface area contributed by atoms with Crippen LogP contribution in [0.3, 0.4) is 0 Å². The summed E-state index contributed by atoms with van der Waals surface area (Å²) < 4.78 is 5.64. The number of nitrogens with one attached hydrogen (secondary N) is 1. The van der Waals surface area contributed by atoms with Crippen molar-refractivity contribution in [3.63, 3.8) is 0 Å². The molecule has 0 radical (unpaired) electrons. The Morgan fingerprint density at radius 3 is 2.69 bits per heavy atom. The Labute approximate surface area is 160 Å². The standard InChI is InChI=1S/C20H30N2O3S/c1-3-5-14-22(17-11-7-6-8-12-17)20(24)25-18-13-9-10-16(15-18)21-19(23)26-4-2/h9-10,13,15,17H,3-8,11-12,14H2,1-2H3,(H,21,23). The molecule has 144 valence electrons. The molecule has 0 aliphatic heterocycles. The maximum Gasteiger partial charge on any atom is 0.415 e. The van der Waals surface area contributed by atoms with Gasteiger partial charge in [-0.25, -0.2) is 4.79 Å². The molecular formula is C20H30N2O3S. The first-order valence-corrected chi connectivity index (χ1v) is 10.6. The van der Waals surface area contributed by atoms with Crippen molar-refractivity contribution in [2.75, 3.05) is 17.6 Å². The number of unbranched alkanes of at least 4 members (excludes halogenated alkanes) is 1. The van der Waals surface area contributed by atoms with Gasteiger partial charge in [0.2, 0.25) is 0 Å². The van der Waals surface area contributed by atoms with E-state index in [1.807, 2.05) is 11.8 Å². The molecule has 6 heteroatoms. The number of hydrogen-bond donors (Lipinski definition) is 1. The third-order valence-corrected chi connectivity index (χ3v) is 5.22. The van der Waals surface area contributed by atoms with Gasteiger partial charge >= 0.3 is 6.09 Å². The van der Waals surface area contributed by atoms with E-state index in [2.05, 4.69) is 12.2 Å². The monoisotopic (exact) mass is 378 g/mol. The Bertz CT molecular complexity index is 588. The highest BCUT2D eigenvalue weighted by atomic mass is 32.2. The van der Waals surface area contributed by atoms with Gasteiger partial charge in [0.25, 0.3) is 5.24 Å². The molecular weight excluding hydrogens is 348 g/mol. The summed E-state index contributed by atoms with van der Waals surface area (Å²) in [6.45, 7) is 4.80. The van der Waals surface area contributed by atoms with E-state index in [1.54, 1.807) is 24.3 Å². The molecule has 1 aliphatic carbocycles. The van der Waals surface area contributed by atoms with Gasteiger partial charge < -0.3 is 15.0 Å². The lowest BCUT2D eigenvalue weighted by Crippen LogP contribution is -2.43. The van der Waals surface area contributed by atoms with E-state index in [-0.39, 0.29) is 17.4 Å². The van der Waals surface area contributed by atoms with Gasteiger partial charge in [0.1, 0.15) is 5.75 Å². The van der Waals surface area contributed by atoms with Crippen LogP contribution in [0.2, 0.25) is 0 Å². The second-order valence-electron chi connectivity index (χ2n) is 6.58. The minimum atomic E-state index is -0.281. The predicted molar refractivity (Wildman–Crippen MR) is 108 cm³/mol. The van der Waals surface area contributed by atoms with Crippen LogP contribution in [0.15, 0.2) is 24.3 Å². The van der Waals surface area contributed by atoms with Gasteiger partial charge in [0.15, 0.2) is 0 Å². The van der Waals surface area contributed by atoms with Crippen molar-refractivity contribution in [1.82, 2.24) is 4.90 Å². The molecule has 26 heavy (non-hydrogen) atoms. The van der Waals surface area contributed by atoms with Crippen molar-refractivity contribution in [3.8, 4) is 5.75 Å². The summed E-state index contributed by atoms with van der Waals surface area (Å²) in [5.41, 5.74) is 0.638. The highest BCUT2D eigenvalue weighted by Crippen LogP contribution is 2.25. The van der Waals surface area contributed by atoms with Gasteiger partial charge in [-0.05, 0) is 37.1 Å². The zero-order valence-electron chi connectivity index (χ0n) is 15.8. The second kappa shape index (κ2) is 11.1. The molecule has 1 fully saturated rings. The lowest BCUT2D eigenvalue weighted by atomic mass is 9.94. The molecule has 2 amide bonds. The fourth-order valence-corrected chi connectivity index (χ4v) is 3.68. The summed E-state index contributed by atoms with van der Waals surface area (Å²) in [6.07, 6.45) is 7.48. The van der Waals surface area contributed by atoms with Crippen LogP contribution >= 0.6 is 11.8 Å². The van der Waals surface area contributed by atoms with Crippen LogP contribution in [0.4, 0.5) is 15.3 Å². The van der Waals surface area contributed by atoms with E-state index < -0.39 is 0 Å². The number of benzene rings is 1. The first-order valence-electron chi connectivity index (χ1n) is 9.66. The predicted octanol–water partition coefficient (Wildman–Crippen LogP) is 5.91. The minimum Gasteiger partial charge on any atom is -0.410 e.